The highest BCUT2D eigenvalue weighted by Gasteiger charge is 2.27. The zero-order valence-electron chi connectivity index (χ0n) is 39.1. The number of unbranched alkanes of at least 4 members (excludes halogenated alkanes) is 3. The third kappa shape index (κ3) is 30.5. The quantitative estimate of drug-likeness (QED) is 0.0328. The predicted octanol–water partition coefficient (Wildman–Crippen LogP) is 7.48. The standard InChI is InChI=1S/C16H24N2O3.C15H30N2O3.C14H28N2O3/c1-4-16(2,3)14(19)21-11-10-17-15(20)18-12-13-8-6-5-7-9-13;1-7-12(6)14(18)20-9-8-16-15(19)17-13(10(2)3)11(4)5;1-4-6-7-8-9-15-14(18)16-10-11-19-13(17)12(3)5-2/h5-9H,4,10-12H2,1-3H3,(H2,17,18,20);10-13H,7-9H2,1-6H3,(H2,16,17,19);12H,4-11H2,1-3H3,(H2,15,16,18). The first-order valence-electron chi connectivity index (χ1n) is 22.0. The Morgan fingerprint density at radius 3 is 1.47 bits per heavy atom. The molecular formula is C45H82N6O9. The lowest BCUT2D eigenvalue weighted by atomic mass is 9.91. The summed E-state index contributed by atoms with van der Waals surface area (Å²) >= 11 is 0. The molecule has 15 heteroatoms. The summed E-state index contributed by atoms with van der Waals surface area (Å²) in [6.07, 6.45) is 6.79. The first-order chi connectivity index (χ1) is 28.4. The maximum atomic E-state index is 11.7. The Kier molecular flexibility index (Phi) is 33.8. The molecule has 1 rings (SSSR count). The van der Waals surface area contributed by atoms with Crippen LogP contribution in [0, 0.1) is 29.1 Å². The van der Waals surface area contributed by atoms with E-state index in [0.717, 1.165) is 37.7 Å². The van der Waals surface area contributed by atoms with Gasteiger partial charge in [-0.05, 0) is 56.9 Å². The first-order valence-corrected chi connectivity index (χ1v) is 22.0. The average Bonchev–Trinajstić information content (AvgIpc) is 3.23. The average molecular weight is 851 g/mol. The minimum Gasteiger partial charge on any atom is -0.464 e. The highest BCUT2D eigenvalue weighted by atomic mass is 16.5. The van der Waals surface area contributed by atoms with Gasteiger partial charge in [0.25, 0.3) is 0 Å². The molecular weight excluding hydrogens is 769 g/mol. The van der Waals surface area contributed by atoms with Crippen molar-refractivity contribution >= 4 is 36.0 Å². The van der Waals surface area contributed by atoms with Crippen LogP contribution in [-0.4, -0.2) is 88.0 Å². The van der Waals surface area contributed by atoms with Crippen LogP contribution in [0.15, 0.2) is 30.3 Å². The number of rotatable bonds is 25. The first kappa shape index (κ1) is 57.5. The molecule has 1 aromatic rings. The van der Waals surface area contributed by atoms with Crippen LogP contribution in [0.1, 0.15) is 134 Å². The largest absolute Gasteiger partial charge is 0.464 e. The molecule has 0 saturated heterocycles. The van der Waals surface area contributed by atoms with Gasteiger partial charge in [-0.2, -0.15) is 0 Å². The van der Waals surface area contributed by atoms with E-state index in [1.54, 1.807) is 0 Å². The smallest absolute Gasteiger partial charge is 0.315 e. The maximum absolute atomic E-state index is 11.7. The highest BCUT2D eigenvalue weighted by Crippen LogP contribution is 2.21. The maximum Gasteiger partial charge on any atom is 0.315 e. The van der Waals surface area contributed by atoms with Gasteiger partial charge in [-0.1, -0.05) is 119 Å². The van der Waals surface area contributed by atoms with Crippen molar-refractivity contribution in [1.29, 1.82) is 0 Å². The summed E-state index contributed by atoms with van der Waals surface area (Å²) in [7, 11) is 0. The molecule has 0 heterocycles. The number of hydrogen-bond donors (Lipinski definition) is 6. The van der Waals surface area contributed by atoms with Crippen molar-refractivity contribution in [2.24, 2.45) is 29.1 Å². The van der Waals surface area contributed by atoms with E-state index in [1.807, 2.05) is 78.8 Å². The molecule has 0 aromatic heterocycles. The van der Waals surface area contributed by atoms with E-state index < -0.39 is 5.41 Å². The normalized spacial score (nSPS) is 11.7. The lowest BCUT2D eigenvalue weighted by molar-refractivity contribution is -0.154. The van der Waals surface area contributed by atoms with E-state index >= 15 is 0 Å². The van der Waals surface area contributed by atoms with Crippen molar-refractivity contribution in [3.63, 3.8) is 0 Å². The van der Waals surface area contributed by atoms with Gasteiger partial charge in [-0.15, -0.1) is 0 Å². The summed E-state index contributed by atoms with van der Waals surface area (Å²) in [4.78, 5) is 69.1. The molecule has 0 aliphatic rings. The number of esters is 3. The number of carbonyl (C=O) groups is 6. The fourth-order valence-electron chi connectivity index (χ4n) is 4.86. The second-order valence-corrected chi connectivity index (χ2v) is 16.1. The van der Waals surface area contributed by atoms with Crippen LogP contribution in [0.4, 0.5) is 14.4 Å². The van der Waals surface area contributed by atoms with Crippen LogP contribution < -0.4 is 31.9 Å². The highest BCUT2D eigenvalue weighted by molar-refractivity contribution is 5.76. The van der Waals surface area contributed by atoms with Crippen LogP contribution in [0.2, 0.25) is 0 Å². The van der Waals surface area contributed by atoms with Gasteiger partial charge in [-0.3, -0.25) is 14.4 Å². The zero-order chi connectivity index (χ0) is 45.9. The molecule has 0 aliphatic heterocycles. The van der Waals surface area contributed by atoms with Crippen LogP contribution in [-0.2, 0) is 35.1 Å². The van der Waals surface area contributed by atoms with Gasteiger partial charge in [0.05, 0.1) is 36.9 Å². The molecule has 0 bridgehead atoms. The Morgan fingerprint density at radius 2 is 1.02 bits per heavy atom. The van der Waals surface area contributed by atoms with E-state index in [2.05, 4.69) is 66.5 Å². The molecule has 60 heavy (non-hydrogen) atoms. The van der Waals surface area contributed by atoms with E-state index in [1.165, 1.54) is 12.8 Å². The van der Waals surface area contributed by atoms with E-state index in [4.69, 9.17) is 14.2 Å². The fourth-order valence-corrected chi connectivity index (χ4v) is 4.86. The number of ether oxygens (including phenoxy) is 3. The molecule has 6 N–H and O–H groups in total. The Labute approximate surface area is 361 Å². The van der Waals surface area contributed by atoms with Crippen molar-refractivity contribution in [2.45, 2.75) is 141 Å². The Balaban J connectivity index is 0. The van der Waals surface area contributed by atoms with Gasteiger partial charge in [0.2, 0.25) is 0 Å². The van der Waals surface area contributed by atoms with Crippen LogP contribution in [0.25, 0.3) is 0 Å². The summed E-state index contributed by atoms with van der Waals surface area (Å²) in [6.45, 7) is 26.4. The zero-order valence-corrected chi connectivity index (χ0v) is 39.1. The van der Waals surface area contributed by atoms with Crippen molar-refractivity contribution in [3.05, 3.63) is 35.9 Å². The minimum atomic E-state index is -0.477. The molecule has 0 saturated carbocycles. The number of amides is 6. The fraction of sp³-hybridized carbons (Fsp3) is 0.733. The van der Waals surface area contributed by atoms with E-state index in [-0.39, 0.29) is 73.7 Å². The number of hydrogen-bond acceptors (Lipinski definition) is 9. The molecule has 0 fully saturated rings. The van der Waals surface area contributed by atoms with Gasteiger partial charge in [0.15, 0.2) is 0 Å². The monoisotopic (exact) mass is 851 g/mol. The summed E-state index contributed by atoms with van der Waals surface area (Å²) < 4.78 is 15.2. The Bertz CT molecular complexity index is 1320. The van der Waals surface area contributed by atoms with E-state index in [9.17, 15) is 28.8 Å². The Morgan fingerprint density at radius 1 is 0.567 bits per heavy atom. The topological polar surface area (TPSA) is 202 Å². The molecule has 15 nitrogen and oxygen atoms in total. The number of urea groups is 3. The molecule has 2 atom stereocenters. The summed E-state index contributed by atoms with van der Waals surface area (Å²) in [5.41, 5.74) is 0.555. The molecule has 1 aromatic carbocycles. The Hall–Kier alpha value is -4.56. The molecule has 0 spiro atoms. The molecule has 6 amide bonds. The third-order valence-corrected chi connectivity index (χ3v) is 9.70. The molecule has 0 radical (unpaired) electrons. The van der Waals surface area contributed by atoms with Crippen LogP contribution in [0.3, 0.4) is 0 Å². The number of nitrogens with one attached hydrogen (secondary N) is 6. The van der Waals surface area contributed by atoms with Gasteiger partial charge >= 0.3 is 36.0 Å². The summed E-state index contributed by atoms with van der Waals surface area (Å²) in [5, 5.41) is 16.5. The second-order valence-electron chi connectivity index (χ2n) is 16.1. The predicted molar refractivity (Wildman–Crippen MR) is 238 cm³/mol. The lowest BCUT2D eigenvalue weighted by Crippen LogP contribution is -2.47. The minimum absolute atomic E-state index is 0.0765. The summed E-state index contributed by atoms with van der Waals surface area (Å²) in [6, 6.07) is 9.10. The van der Waals surface area contributed by atoms with E-state index in [0.29, 0.717) is 44.6 Å². The van der Waals surface area contributed by atoms with Gasteiger partial charge in [-0.25, -0.2) is 14.4 Å². The van der Waals surface area contributed by atoms with Crippen LogP contribution >= 0.6 is 0 Å². The van der Waals surface area contributed by atoms with Crippen LogP contribution in [0.5, 0.6) is 0 Å². The van der Waals surface area contributed by atoms with Crippen molar-refractivity contribution in [3.8, 4) is 0 Å². The molecule has 0 aliphatic carbocycles. The van der Waals surface area contributed by atoms with Crippen molar-refractivity contribution in [2.75, 3.05) is 46.0 Å². The number of carbonyl (C=O) groups excluding carboxylic acids is 6. The summed E-state index contributed by atoms with van der Waals surface area (Å²) in [5.74, 6) is -0.0619. The van der Waals surface area contributed by atoms with Gasteiger partial charge in [0.1, 0.15) is 19.8 Å². The van der Waals surface area contributed by atoms with Crippen molar-refractivity contribution < 1.29 is 43.0 Å². The van der Waals surface area contributed by atoms with Gasteiger partial charge in [0, 0.05) is 19.1 Å². The third-order valence-electron chi connectivity index (χ3n) is 9.70. The molecule has 2 unspecified atom stereocenters. The second kappa shape index (κ2) is 35.2. The SMILES string of the molecule is CCC(C)(C)C(=O)OCCNC(=O)NCc1ccccc1.CCC(C)C(=O)OCCNC(=O)NC(C(C)C)C(C)C.CCCCCCNC(=O)NCCOC(=O)C(C)CC. The lowest BCUT2D eigenvalue weighted by Gasteiger charge is -2.26. The van der Waals surface area contributed by atoms with Gasteiger partial charge < -0.3 is 46.1 Å². The molecule has 346 valence electrons. The van der Waals surface area contributed by atoms with Crippen molar-refractivity contribution in [1.82, 2.24) is 31.9 Å². The number of benzene rings is 1.